The molecule has 0 radical (unpaired) electrons. The molecule has 1 aromatic carbocycles. The van der Waals surface area contributed by atoms with E-state index in [1.165, 1.54) is 31.5 Å². The van der Waals surface area contributed by atoms with Gasteiger partial charge >= 0.3 is 0 Å². The number of likely N-dealkylation sites (tertiary alicyclic amines) is 1. The zero-order chi connectivity index (χ0) is 14.2. The van der Waals surface area contributed by atoms with Crippen LogP contribution in [0.3, 0.4) is 0 Å². The molecular weight excluding hydrogens is 248 g/mol. The van der Waals surface area contributed by atoms with Gasteiger partial charge in [-0.05, 0) is 50.4 Å². The summed E-state index contributed by atoms with van der Waals surface area (Å²) in [5.41, 5.74) is 1.41. The fraction of sp³-hybridized carbons (Fsp3) is 0.647. The third-order valence-corrected chi connectivity index (χ3v) is 4.36. The monoisotopic (exact) mass is 276 g/mol. The zero-order valence-corrected chi connectivity index (χ0v) is 12.6. The molecule has 3 heteroatoms. The Bertz CT molecular complexity index is 355. The third-order valence-electron chi connectivity index (χ3n) is 4.36. The van der Waals surface area contributed by atoms with Crippen molar-refractivity contribution in [2.45, 2.75) is 38.8 Å². The number of piperidine rings is 1. The largest absolute Gasteiger partial charge is 0.396 e. The summed E-state index contributed by atoms with van der Waals surface area (Å²) in [5.74, 6) is 0.717. The molecule has 2 rings (SSSR count). The molecule has 20 heavy (non-hydrogen) atoms. The Morgan fingerprint density at radius 3 is 2.55 bits per heavy atom. The highest BCUT2D eigenvalue weighted by atomic mass is 16.3. The standard InChI is InChI=1S/C17H28N2O/c1-2-18-17(10-13-20)16-8-11-19(12-9-16)14-15-6-4-3-5-7-15/h3-7,16-18,20H,2,8-14H2,1H3/t17-/m0/s1. The van der Waals surface area contributed by atoms with Gasteiger partial charge in [0.05, 0.1) is 0 Å². The maximum Gasteiger partial charge on any atom is 0.0445 e. The van der Waals surface area contributed by atoms with Gasteiger partial charge < -0.3 is 10.4 Å². The molecule has 3 nitrogen and oxygen atoms in total. The summed E-state index contributed by atoms with van der Waals surface area (Å²) in [6.07, 6.45) is 3.37. The van der Waals surface area contributed by atoms with E-state index in [4.69, 9.17) is 0 Å². The quantitative estimate of drug-likeness (QED) is 0.802. The van der Waals surface area contributed by atoms with Gasteiger partial charge in [0.2, 0.25) is 0 Å². The normalized spacial score (nSPS) is 19.1. The van der Waals surface area contributed by atoms with Gasteiger partial charge in [-0.2, -0.15) is 0 Å². The smallest absolute Gasteiger partial charge is 0.0445 e. The Morgan fingerprint density at radius 2 is 1.95 bits per heavy atom. The molecule has 112 valence electrons. The van der Waals surface area contributed by atoms with Crippen LogP contribution in [0.25, 0.3) is 0 Å². The first-order chi connectivity index (χ1) is 9.83. The van der Waals surface area contributed by atoms with E-state index in [9.17, 15) is 5.11 Å². The van der Waals surface area contributed by atoms with Crippen LogP contribution < -0.4 is 5.32 Å². The van der Waals surface area contributed by atoms with Crippen LogP contribution >= 0.6 is 0 Å². The van der Waals surface area contributed by atoms with Gasteiger partial charge in [0.25, 0.3) is 0 Å². The minimum atomic E-state index is 0.294. The predicted octanol–water partition coefficient (Wildman–Crippen LogP) is 2.26. The van der Waals surface area contributed by atoms with Gasteiger partial charge in [-0.25, -0.2) is 0 Å². The van der Waals surface area contributed by atoms with Gasteiger partial charge in [-0.3, -0.25) is 4.90 Å². The lowest BCUT2D eigenvalue weighted by atomic mass is 9.87. The predicted molar refractivity (Wildman–Crippen MR) is 83.6 cm³/mol. The summed E-state index contributed by atoms with van der Waals surface area (Å²) in [5, 5.41) is 12.7. The van der Waals surface area contributed by atoms with Crippen LogP contribution in [0.2, 0.25) is 0 Å². The zero-order valence-electron chi connectivity index (χ0n) is 12.6. The molecule has 1 atom stereocenters. The maximum absolute atomic E-state index is 9.19. The summed E-state index contributed by atoms with van der Waals surface area (Å²) in [6.45, 7) is 6.85. The summed E-state index contributed by atoms with van der Waals surface area (Å²) >= 11 is 0. The van der Waals surface area contributed by atoms with Crippen molar-refractivity contribution in [1.29, 1.82) is 0 Å². The summed E-state index contributed by atoms with van der Waals surface area (Å²) in [4.78, 5) is 2.55. The number of aliphatic hydroxyl groups is 1. The fourth-order valence-corrected chi connectivity index (χ4v) is 3.26. The number of hydrogen-bond donors (Lipinski definition) is 2. The second kappa shape index (κ2) is 8.40. The minimum Gasteiger partial charge on any atom is -0.396 e. The van der Waals surface area contributed by atoms with Gasteiger partial charge in [-0.1, -0.05) is 37.3 Å². The average molecular weight is 276 g/mol. The molecular formula is C17H28N2O. The molecule has 0 saturated carbocycles. The van der Waals surface area contributed by atoms with E-state index < -0.39 is 0 Å². The van der Waals surface area contributed by atoms with Crippen molar-refractivity contribution in [2.24, 2.45) is 5.92 Å². The van der Waals surface area contributed by atoms with Crippen molar-refractivity contribution in [3.63, 3.8) is 0 Å². The summed E-state index contributed by atoms with van der Waals surface area (Å²) in [6, 6.07) is 11.2. The molecule has 1 aliphatic rings. The van der Waals surface area contributed by atoms with Crippen molar-refractivity contribution in [2.75, 3.05) is 26.2 Å². The number of rotatable bonds is 7. The molecule has 0 amide bonds. The van der Waals surface area contributed by atoms with Crippen molar-refractivity contribution >= 4 is 0 Å². The molecule has 0 aliphatic carbocycles. The van der Waals surface area contributed by atoms with Gasteiger partial charge in [0.1, 0.15) is 0 Å². The molecule has 1 aromatic rings. The topological polar surface area (TPSA) is 35.5 Å². The number of nitrogens with one attached hydrogen (secondary N) is 1. The molecule has 0 spiro atoms. The lowest BCUT2D eigenvalue weighted by Crippen LogP contribution is -2.43. The maximum atomic E-state index is 9.19. The van der Waals surface area contributed by atoms with Crippen LogP contribution in [0.1, 0.15) is 31.7 Å². The number of aliphatic hydroxyl groups excluding tert-OH is 1. The minimum absolute atomic E-state index is 0.294. The molecule has 1 saturated heterocycles. The fourth-order valence-electron chi connectivity index (χ4n) is 3.26. The number of hydrogen-bond acceptors (Lipinski definition) is 3. The molecule has 1 aliphatic heterocycles. The Morgan fingerprint density at radius 1 is 1.25 bits per heavy atom. The Kier molecular flexibility index (Phi) is 6.51. The molecule has 0 aromatic heterocycles. The van der Waals surface area contributed by atoms with Crippen LogP contribution in [0.5, 0.6) is 0 Å². The van der Waals surface area contributed by atoms with Crippen LogP contribution in [0.15, 0.2) is 30.3 Å². The van der Waals surface area contributed by atoms with Crippen molar-refractivity contribution in [1.82, 2.24) is 10.2 Å². The Hall–Kier alpha value is -0.900. The second-order valence-corrected chi connectivity index (χ2v) is 5.78. The lowest BCUT2D eigenvalue weighted by Gasteiger charge is -2.36. The van der Waals surface area contributed by atoms with Crippen LogP contribution in [-0.4, -0.2) is 42.3 Å². The Labute approximate surface area is 123 Å². The van der Waals surface area contributed by atoms with E-state index in [1.807, 2.05) is 0 Å². The van der Waals surface area contributed by atoms with Gasteiger partial charge in [-0.15, -0.1) is 0 Å². The lowest BCUT2D eigenvalue weighted by molar-refractivity contribution is 0.139. The van der Waals surface area contributed by atoms with Crippen LogP contribution in [0, 0.1) is 5.92 Å². The SMILES string of the molecule is CCN[C@@H](CCO)C1CCN(Cc2ccccc2)CC1. The highest BCUT2D eigenvalue weighted by molar-refractivity contribution is 5.14. The summed E-state index contributed by atoms with van der Waals surface area (Å²) in [7, 11) is 0. The molecule has 0 bridgehead atoms. The van der Waals surface area contributed by atoms with E-state index in [0.717, 1.165) is 19.5 Å². The first-order valence-corrected chi connectivity index (χ1v) is 7.94. The van der Waals surface area contributed by atoms with E-state index in [0.29, 0.717) is 18.6 Å². The van der Waals surface area contributed by atoms with Gasteiger partial charge in [0.15, 0.2) is 0 Å². The van der Waals surface area contributed by atoms with Crippen molar-refractivity contribution in [3.8, 4) is 0 Å². The second-order valence-electron chi connectivity index (χ2n) is 5.78. The van der Waals surface area contributed by atoms with E-state index in [-0.39, 0.29) is 0 Å². The van der Waals surface area contributed by atoms with E-state index in [1.54, 1.807) is 0 Å². The molecule has 0 unspecified atom stereocenters. The Balaban J connectivity index is 1.79. The number of nitrogens with zero attached hydrogens (tertiary/aromatic N) is 1. The van der Waals surface area contributed by atoms with Crippen LogP contribution in [-0.2, 0) is 6.54 Å². The highest BCUT2D eigenvalue weighted by Crippen LogP contribution is 2.23. The van der Waals surface area contributed by atoms with Crippen molar-refractivity contribution in [3.05, 3.63) is 35.9 Å². The molecule has 1 fully saturated rings. The average Bonchev–Trinajstić information content (AvgIpc) is 2.49. The first-order valence-electron chi connectivity index (χ1n) is 7.94. The van der Waals surface area contributed by atoms with Gasteiger partial charge in [0, 0.05) is 19.2 Å². The molecule has 1 heterocycles. The summed E-state index contributed by atoms with van der Waals surface area (Å²) < 4.78 is 0. The number of benzene rings is 1. The van der Waals surface area contributed by atoms with Crippen LogP contribution in [0.4, 0.5) is 0 Å². The highest BCUT2D eigenvalue weighted by Gasteiger charge is 2.25. The third kappa shape index (κ3) is 4.58. The van der Waals surface area contributed by atoms with E-state index >= 15 is 0 Å². The first kappa shape index (κ1) is 15.5. The van der Waals surface area contributed by atoms with Crippen molar-refractivity contribution < 1.29 is 5.11 Å². The molecule has 2 N–H and O–H groups in total. The van der Waals surface area contributed by atoms with E-state index in [2.05, 4.69) is 47.5 Å².